The molecular weight excluding hydrogens is 254 g/mol. The average Bonchev–Trinajstić information content (AvgIpc) is 2.27. The molecule has 0 atom stereocenters. The lowest BCUT2D eigenvalue weighted by molar-refractivity contribution is 0.431. The van der Waals surface area contributed by atoms with Crippen LogP contribution in [-0.4, -0.2) is 12.1 Å². The highest BCUT2D eigenvalue weighted by Gasteiger charge is 2.06. The van der Waals surface area contributed by atoms with Gasteiger partial charge in [-0.2, -0.15) is 0 Å². The maximum atomic E-state index is 6.26. The fraction of sp³-hybridized carbons (Fsp3) is 0.529. The fourth-order valence-corrected chi connectivity index (χ4v) is 2.24. The molecule has 0 saturated carbocycles. The van der Waals surface area contributed by atoms with Crippen molar-refractivity contribution in [2.24, 2.45) is 0 Å². The first-order valence-electron chi connectivity index (χ1n) is 6.93. The van der Waals surface area contributed by atoms with Crippen LogP contribution >= 0.6 is 11.6 Å². The van der Waals surface area contributed by atoms with Crippen molar-refractivity contribution >= 4 is 11.6 Å². The molecule has 1 nitrogen and oxygen atoms in total. The van der Waals surface area contributed by atoms with Crippen molar-refractivity contribution in [1.29, 1.82) is 0 Å². The predicted octanol–water partition coefficient (Wildman–Crippen LogP) is 4.92. The first kappa shape index (κ1) is 16.3. The summed E-state index contributed by atoms with van der Waals surface area (Å²) < 4.78 is 0. The average molecular weight is 280 g/mol. The van der Waals surface area contributed by atoms with Crippen molar-refractivity contribution in [2.75, 3.05) is 6.54 Å². The van der Waals surface area contributed by atoms with Gasteiger partial charge in [0.15, 0.2) is 0 Å². The van der Waals surface area contributed by atoms with Crippen molar-refractivity contribution < 1.29 is 0 Å². The number of halogens is 1. The molecule has 1 N–H and O–H groups in total. The van der Waals surface area contributed by atoms with E-state index in [2.05, 4.69) is 58.1 Å². The largest absolute Gasteiger partial charge is 0.312 e. The minimum absolute atomic E-state index is 0.196. The van der Waals surface area contributed by atoms with Crippen LogP contribution in [0.4, 0.5) is 0 Å². The smallest absolute Gasteiger partial charge is 0.0443 e. The summed E-state index contributed by atoms with van der Waals surface area (Å²) in [4.78, 5) is 0. The first-order valence-corrected chi connectivity index (χ1v) is 7.31. The molecule has 0 saturated heterocycles. The zero-order valence-corrected chi connectivity index (χ0v) is 13.6. The maximum Gasteiger partial charge on any atom is 0.0443 e. The van der Waals surface area contributed by atoms with Crippen molar-refractivity contribution in [3.05, 3.63) is 46.0 Å². The number of hydrogen-bond acceptors (Lipinski definition) is 1. The summed E-state index contributed by atoms with van der Waals surface area (Å²) in [6, 6.07) is 6.28. The molecular formula is C17H26ClN. The molecule has 0 radical (unpaired) electrons. The lowest BCUT2D eigenvalue weighted by Crippen LogP contribution is -2.36. The molecule has 0 aliphatic heterocycles. The van der Waals surface area contributed by atoms with Gasteiger partial charge in [0.2, 0.25) is 0 Å². The molecule has 0 heterocycles. The van der Waals surface area contributed by atoms with Gasteiger partial charge in [0.1, 0.15) is 0 Å². The van der Waals surface area contributed by atoms with Gasteiger partial charge in [0, 0.05) is 10.6 Å². The number of benzene rings is 1. The Labute approximate surface area is 123 Å². The molecule has 1 aromatic rings. The van der Waals surface area contributed by atoms with E-state index in [-0.39, 0.29) is 5.54 Å². The Morgan fingerprint density at radius 1 is 1.32 bits per heavy atom. The Bertz CT molecular complexity index is 441. The summed E-state index contributed by atoms with van der Waals surface area (Å²) in [6.07, 6.45) is 4.30. The molecule has 0 aliphatic rings. The molecule has 2 heteroatoms. The minimum Gasteiger partial charge on any atom is -0.312 e. The van der Waals surface area contributed by atoms with E-state index in [1.807, 2.05) is 6.07 Å². The van der Waals surface area contributed by atoms with Gasteiger partial charge in [-0.05, 0) is 71.2 Å². The third-order valence-corrected chi connectivity index (χ3v) is 3.32. The molecule has 0 unspecified atom stereocenters. The summed E-state index contributed by atoms with van der Waals surface area (Å²) in [5.74, 6) is 0. The zero-order valence-electron chi connectivity index (χ0n) is 12.8. The molecule has 0 aliphatic carbocycles. The molecule has 0 spiro atoms. The quantitative estimate of drug-likeness (QED) is 0.596. The second kappa shape index (κ2) is 7.12. The van der Waals surface area contributed by atoms with E-state index in [9.17, 15) is 0 Å². The second-order valence-electron chi connectivity index (χ2n) is 6.29. The summed E-state index contributed by atoms with van der Waals surface area (Å²) in [5.41, 5.74) is 4.00. The zero-order chi connectivity index (χ0) is 14.5. The van der Waals surface area contributed by atoms with Crippen LogP contribution in [0.5, 0.6) is 0 Å². The highest BCUT2D eigenvalue weighted by molar-refractivity contribution is 6.31. The Hall–Kier alpha value is -0.790. The van der Waals surface area contributed by atoms with Crippen LogP contribution in [0.2, 0.25) is 5.02 Å². The lowest BCUT2D eigenvalue weighted by atomic mass is 10.0. The van der Waals surface area contributed by atoms with Gasteiger partial charge < -0.3 is 5.32 Å². The van der Waals surface area contributed by atoms with Crippen LogP contribution in [0.1, 0.15) is 45.2 Å². The Kier molecular flexibility index (Phi) is 6.09. The van der Waals surface area contributed by atoms with E-state index >= 15 is 0 Å². The van der Waals surface area contributed by atoms with Crippen molar-refractivity contribution in [3.63, 3.8) is 0 Å². The predicted molar refractivity (Wildman–Crippen MR) is 86.0 cm³/mol. The van der Waals surface area contributed by atoms with Gasteiger partial charge in [0.25, 0.3) is 0 Å². The molecule has 106 valence electrons. The van der Waals surface area contributed by atoms with Crippen molar-refractivity contribution in [3.8, 4) is 0 Å². The van der Waals surface area contributed by atoms with Gasteiger partial charge in [-0.1, -0.05) is 35.4 Å². The number of nitrogens with one attached hydrogen (secondary N) is 1. The molecule has 0 fully saturated rings. The Morgan fingerprint density at radius 2 is 2.00 bits per heavy atom. The molecule has 0 amide bonds. The van der Waals surface area contributed by atoms with E-state index in [4.69, 9.17) is 11.6 Å². The van der Waals surface area contributed by atoms with E-state index in [0.29, 0.717) is 0 Å². The molecule has 19 heavy (non-hydrogen) atoms. The van der Waals surface area contributed by atoms with E-state index in [1.54, 1.807) is 0 Å². The van der Waals surface area contributed by atoms with Gasteiger partial charge in [-0.25, -0.2) is 0 Å². The monoisotopic (exact) mass is 279 g/mol. The van der Waals surface area contributed by atoms with E-state index < -0.39 is 0 Å². The summed E-state index contributed by atoms with van der Waals surface area (Å²) >= 11 is 6.26. The first-order chi connectivity index (χ1) is 8.78. The van der Waals surface area contributed by atoms with Crippen LogP contribution in [0.15, 0.2) is 29.8 Å². The highest BCUT2D eigenvalue weighted by atomic mass is 35.5. The fourth-order valence-electron chi connectivity index (χ4n) is 1.93. The Balaban J connectivity index is 2.48. The van der Waals surface area contributed by atoms with Gasteiger partial charge in [0.05, 0.1) is 0 Å². The maximum absolute atomic E-state index is 6.26. The second-order valence-corrected chi connectivity index (χ2v) is 6.69. The van der Waals surface area contributed by atoms with Gasteiger partial charge >= 0.3 is 0 Å². The normalized spacial score (nSPS) is 12.8. The minimum atomic E-state index is 0.196. The molecule has 0 aromatic heterocycles. The standard InChI is InChI=1S/C17H26ClN/c1-13(7-6-10-19-17(3,4)5)11-15-9-8-14(2)12-16(15)18/h7-9,12,19H,6,10-11H2,1-5H3/b13-7-. The third kappa shape index (κ3) is 6.79. The topological polar surface area (TPSA) is 12.0 Å². The molecule has 1 aromatic carbocycles. The van der Waals surface area contributed by atoms with E-state index in [0.717, 1.165) is 24.4 Å². The third-order valence-electron chi connectivity index (χ3n) is 2.97. The van der Waals surface area contributed by atoms with Crippen LogP contribution in [0.25, 0.3) is 0 Å². The van der Waals surface area contributed by atoms with Crippen LogP contribution in [0, 0.1) is 6.92 Å². The molecule has 1 rings (SSSR count). The van der Waals surface area contributed by atoms with Crippen LogP contribution in [0.3, 0.4) is 0 Å². The number of allylic oxidation sites excluding steroid dienone is 1. The number of rotatable bonds is 5. The highest BCUT2D eigenvalue weighted by Crippen LogP contribution is 2.20. The summed E-state index contributed by atoms with van der Waals surface area (Å²) in [5, 5.41) is 4.36. The van der Waals surface area contributed by atoms with Crippen LogP contribution < -0.4 is 5.32 Å². The molecule has 0 bridgehead atoms. The SMILES string of the molecule is C/C(=C/CCNC(C)(C)C)Cc1ccc(C)cc1Cl. The number of aryl methyl sites for hydroxylation is 1. The van der Waals surface area contributed by atoms with Gasteiger partial charge in [-0.3, -0.25) is 0 Å². The number of hydrogen-bond donors (Lipinski definition) is 1. The summed E-state index contributed by atoms with van der Waals surface area (Å²) in [6.45, 7) is 11.8. The Morgan fingerprint density at radius 3 is 2.58 bits per heavy atom. The lowest BCUT2D eigenvalue weighted by Gasteiger charge is -2.19. The van der Waals surface area contributed by atoms with Crippen molar-refractivity contribution in [2.45, 2.75) is 53.0 Å². The van der Waals surface area contributed by atoms with Gasteiger partial charge in [-0.15, -0.1) is 0 Å². The van der Waals surface area contributed by atoms with E-state index in [1.165, 1.54) is 16.7 Å². The van der Waals surface area contributed by atoms with Crippen molar-refractivity contribution in [1.82, 2.24) is 5.32 Å². The van der Waals surface area contributed by atoms with Crippen LogP contribution in [-0.2, 0) is 6.42 Å². The summed E-state index contributed by atoms with van der Waals surface area (Å²) in [7, 11) is 0.